The van der Waals surface area contributed by atoms with Gasteiger partial charge in [0.05, 0.1) is 12.5 Å². The van der Waals surface area contributed by atoms with Crippen LogP contribution in [0.1, 0.15) is 11.8 Å². The third-order valence-corrected chi connectivity index (χ3v) is 3.12. The van der Waals surface area contributed by atoms with Crippen LogP contribution in [0.15, 0.2) is 65.5 Å². The molecule has 0 fully saturated rings. The van der Waals surface area contributed by atoms with Gasteiger partial charge in [0.2, 0.25) is 0 Å². The molecule has 2 heterocycles. The van der Waals surface area contributed by atoms with Crippen LogP contribution in [-0.4, -0.2) is 16.3 Å². The number of furan rings is 1. The number of nitrogens with two attached hydrogens (primary N) is 1. The minimum Gasteiger partial charge on any atom is -0.467 e. The van der Waals surface area contributed by atoms with Crippen LogP contribution in [0.3, 0.4) is 0 Å². The maximum atomic E-state index is 5.82. The maximum Gasteiger partial charge on any atom is 0.129 e. The van der Waals surface area contributed by atoms with Crippen molar-refractivity contribution in [2.75, 3.05) is 6.54 Å². The molecule has 4 nitrogen and oxygen atoms in total. The zero-order chi connectivity index (χ0) is 13.1. The quantitative estimate of drug-likeness (QED) is 0.777. The highest BCUT2D eigenvalue weighted by Crippen LogP contribution is 2.22. The van der Waals surface area contributed by atoms with E-state index >= 15 is 0 Å². The predicted octanol–water partition coefficient (Wildman–Crippen LogP) is 2.69. The molecule has 0 aliphatic heterocycles. The van der Waals surface area contributed by atoms with Crippen LogP contribution < -0.4 is 5.73 Å². The zero-order valence-corrected chi connectivity index (χ0v) is 10.4. The Balaban J connectivity index is 1.93. The average molecular weight is 253 g/mol. The molecular weight excluding hydrogens is 238 g/mol. The van der Waals surface area contributed by atoms with Gasteiger partial charge < -0.3 is 10.2 Å². The number of hydrogen-bond acceptors (Lipinski definition) is 3. The first-order valence-corrected chi connectivity index (χ1v) is 6.21. The van der Waals surface area contributed by atoms with Crippen LogP contribution in [0.25, 0.3) is 11.1 Å². The third kappa shape index (κ3) is 2.30. The van der Waals surface area contributed by atoms with Crippen molar-refractivity contribution in [3.8, 4) is 11.1 Å². The maximum absolute atomic E-state index is 5.82. The van der Waals surface area contributed by atoms with Crippen molar-refractivity contribution in [1.82, 2.24) is 9.78 Å². The monoisotopic (exact) mass is 253 g/mol. The van der Waals surface area contributed by atoms with E-state index in [1.165, 1.54) is 0 Å². The van der Waals surface area contributed by atoms with Gasteiger partial charge in [-0.25, -0.2) is 0 Å². The highest BCUT2D eigenvalue weighted by atomic mass is 16.3. The molecule has 2 N–H and O–H groups in total. The molecule has 0 radical (unpaired) electrons. The minimum absolute atomic E-state index is 0.0625. The molecule has 0 saturated heterocycles. The largest absolute Gasteiger partial charge is 0.467 e. The molecule has 0 aliphatic rings. The molecule has 0 bridgehead atoms. The van der Waals surface area contributed by atoms with Gasteiger partial charge in [-0.05, 0) is 17.7 Å². The first-order chi connectivity index (χ1) is 9.38. The second-order valence-electron chi connectivity index (χ2n) is 4.34. The molecule has 1 unspecified atom stereocenters. The lowest BCUT2D eigenvalue weighted by atomic mass is 10.1. The smallest absolute Gasteiger partial charge is 0.129 e. The fourth-order valence-corrected chi connectivity index (χ4v) is 2.12. The zero-order valence-electron chi connectivity index (χ0n) is 10.4. The fourth-order valence-electron chi connectivity index (χ4n) is 2.12. The van der Waals surface area contributed by atoms with Crippen molar-refractivity contribution in [3.05, 3.63) is 66.9 Å². The van der Waals surface area contributed by atoms with Crippen LogP contribution in [0.2, 0.25) is 0 Å². The van der Waals surface area contributed by atoms with Gasteiger partial charge in [-0.1, -0.05) is 30.3 Å². The van der Waals surface area contributed by atoms with E-state index in [1.54, 1.807) is 6.26 Å². The molecule has 3 aromatic rings. The van der Waals surface area contributed by atoms with Crippen molar-refractivity contribution < 1.29 is 4.42 Å². The number of nitrogens with zero attached hydrogens (tertiary/aromatic N) is 2. The van der Waals surface area contributed by atoms with E-state index in [-0.39, 0.29) is 6.04 Å². The van der Waals surface area contributed by atoms with Gasteiger partial charge in [-0.2, -0.15) is 5.10 Å². The number of benzene rings is 1. The summed E-state index contributed by atoms with van der Waals surface area (Å²) in [4.78, 5) is 0. The molecule has 0 aliphatic carbocycles. The number of hydrogen-bond donors (Lipinski definition) is 1. The molecule has 0 amide bonds. The standard InChI is InChI=1S/C15H15N3O/c16-9-14(15-7-4-8-19-15)18-11-13(10-17-18)12-5-2-1-3-6-12/h1-8,10-11,14H,9,16H2. The van der Waals surface area contributed by atoms with Gasteiger partial charge in [0.15, 0.2) is 0 Å². The van der Waals surface area contributed by atoms with E-state index < -0.39 is 0 Å². The van der Waals surface area contributed by atoms with Gasteiger partial charge >= 0.3 is 0 Å². The van der Waals surface area contributed by atoms with E-state index in [0.717, 1.165) is 16.9 Å². The Morgan fingerprint density at radius 2 is 1.95 bits per heavy atom. The van der Waals surface area contributed by atoms with Gasteiger partial charge in [0.1, 0.15) is 11.8 Å². The van der Waals surface area contributed by atoms with Crippen LogP contribution >= 0.6 is 0 Å². The van der Waals surface area contributed by atoms with Crippen molar-refractivity contribution >= 4 is 0 Å². The van der Waals surface area contributed by atoms with Crippen molar-refractivity contribution in [3.63, 3.8) is 0 Å². The van der Waals surface area contributed by atoms with Crippen LogP contribution in [0.5, 0.6) is 0 Å². The molecule has 0 spiro atoms. The van der Waals surface area contributed by atoms with Gasteiger partial charge in [0.25, 0.3) is 0 Å². The van der Waals surface area contributed by atoms with E-state index in [4.69, 9.17) is 10.2 Å². The normalized spacial score (nSPS) is 12.5. The van der Waals surface area contributed by atoms with Crippen molar-refractivity contribution in [2.45, 2.75) is 6.04 Å². The summed E-state index contributed by atoms with van der Waals surface area (Å²) in [5, 5.41) is 4.40. The Morgan fingerprint density at radius 3 is 2.63 bits per heavy atom. The molecule has 1 aromatic carbocycles. The second kappa shape index (κ2) is 5.12. The Morgan fingerprint density at radius 1 is 1.11 bits per heavy atom. The highest BCUT2D eigenvalue weighted by molar-refractivity contribution is 5.61. The lowest BCUT2D eigenvalue weighted by Gasteiger charge is -2.12. The van der Waals surface area contributed by atoms with Crippen molar-refractivity contribution in [1.29, 1.82) is 0 Å². The lowest BCUT2D eigenvalue weighted by Crippen LogP contribution is -2.20. The van der Waals surface area contributed by atoms with Gasteiger partial charge in [-0.3, -0.25) is 4.68 Å². The fraction of sp³-hybridized carbons (Fsp3) is 0.133. The summed E-state index contributed by atoms with van der Waals surface area (Å²) < 4.78 is 7.26. The second-order valence-corrected chi connectivity index (χ2v) is 4.34. The summed E-state index contributed by atoms with van der Waals surface area (Å²) >= 11 is 0. The van der Waals surface area contributed by atoms with Crippen LogP contribution in [-0.2, 0) is 0 Å². The number of rotatable bonds is 4. The van der Waals surface area contributed by atoms with E-state index in [9.17, 15) is 0 Å². The van der Waals surface area contributed by atoms with E-state index in [0.29, 0.717) is 6.54 Å². The molecule has 2 aromatic heterocycles. The van der Waals surface area contributed by atoms with E-state index in [2.05, 4.69) is 17.2 Å². The summed E-state index contributed by atoms with van der Waals surface area (Å²) in [5.41, 5.74) is 8.04. The molecule has 3 rings (SSSR count). The van der Waals surface area contributed by atoms with Crippen LogP contribution in [0.4, 0.5) is 0 Å². The Labute approximate surface area is 111 Å². The summed E-state index contributed by atoms with van der Waals surface area (Å²) in [6, 6.07) is 13.9. The molecule has 1 atom stereocenters. The topological polar surface area (TPSA) is 57.0 Å². The van der Waals surface area contributed by atoms with Gasteiger partial charge in [-0.15, -0.1) is 0 Å². The Bertz CT molecular complexity index is 628. The lowest BCUT2D eigenvalue weighted by molar-refractivity contribution is 0.410. The first-order valence-electron chi connectivity index (χ1n) is 6.21. The minimum atomic E-state index is -0.0625. The first kappa shape index (κ1) is 11.7. The highest BCUT2D eigenvalue weighted by Gasteiger charge is 2.16. The third-order valence-electron chi connectivity index (χ3n) is 3.12. The predicted molar refractivity (Wildman–Crippen MR) is 73.6 cm³/mol. The number of aromatic nitrogens is 2. The summed E-state index contributed by atoms with van der Waals surface area (Å²) in [6.07, 6.45) is 5.50. The molecule has 19 heavy (non-hydrogen) atoms. The molecule has 4 heteroatoms. The van der Waals surface area contributed by atoms with Crippen molar-refractivity contribution in [2.24, 2.45) is 5.73 Å². The Kier molecular flexibility index (Phi) is 3.16. The summed E-state index contributed by atoms with van der Waals surface area (Å²) in [7, 11) is 0. The molecule has 0 saturated carbocycles. The van der Waals surface area contributed by atoms with Crippen LogP contribution in [0, 0.1) is 0 Å². The molecule has 96 valence electrons. The van der Waals surface area contributed by atoms with E-state index in [1.807, 2.05) is 47.4 Å². The SMILES string of the molecule is NCC(c1ccco1)n1cc(-c2ccccc2)cn1. The summed E-state index contributed by atoms with van der Waals surface area (Å²) in [6.45, 7) is 0.448. The Hall–Kier alpha value is -2.33. The van der Waals surface area contributed by atoms with Gasteiger partial charge in [0, 0.05) is 18.3 Å². The summed E-state index contributed by atoms with van der Waals surface area (Å²) in [5.74, 6) is 0.824. The molecular formula is C15H15N3O. The average Bonchev–Trinajstić information content (AvgIpc) is 3.12.